The van der Waals surface area contributed by atoms with E-state index in [2.05, 4.69) is 15.0 Å². The van der Waals surface area contributed by atoms with Crippen molar-refractivity contribution in [2.45, 2.75) is 32.9 Å². The molecule has 0 saturated heterocycles. The van der Waals surface area contributed by atoms with Crippen molar-refractivity contribution in [3.63, 3.8) is 0 Å². The summed E-state index contributed by atoms with van der Waals surface area (Å²) in [7, 11) is 0. The lowest BCUT2D eigenvalue weighted by Crippen LogP contribution is -2.13. The maximum atomic E-state index is 13.6. The molecule has 7 heteroatoms. The number of halogens is 1. The minimum atomic E-state index is -0.981. The molecule has 0 atom stereocenters. The second-order valence-corrected chi connectivity index (χ2v) is 6.32. The maximum absolute atomic E-state index is 13.6. The van der Waals surface area contributed by atoms with Crippen molar-refractivity contribution in [2.24, 2.45) is 0 Å². The van der Waals surface area contributed by atoms with E-state index in [1.807, 2.05) is 11.5 Å². The minimum Gasteiger partial charge on any atom is -0.386 e. The predicted octanol–water partition coefficient (Wildman–Crippen LogP) is 3.02. The Balaban J connectivity index is 2.19. The average molecular weight is 341 g/mol. The fourth-order valence-electron chi connectivity index (χ4n) is 2.54. The zero-order chi connectivity index (χ0) is 18.2. The van der Waals surface area contributed by atoms with Crippen molar-refractivity contribution in [1.29, 1.82) is 0 Å². The zero-order valence-electron chi connectivity index (χ0n) is 14.4. The summed E-state index contributed by atoms with van der Waals surface area (Å²) < 4.78 is 15.4. The molecular weight excluding hydrogens is 321 g/mol. The van der Waals surface area contributed by atoms with Gasteiger partial charge in [0.05, 0.1) is 5.60 Å². The molecule has 3 aromatic rings. The number of aromatic nitrogens is 4. The fourth-order valence-corrected chi connectivity index (χ4v) is 2.54. The van der Waals surface area contributed by atoms with E-state index < -0.39 is 5.60 Å². The molecule has 130 valence electrons. The number of imidazole rings is 1. The summed E-state index contributed by atoms with van der Waals surface area (Å²) in [6.45, 7) is 5.86. The Kier molecular flexibility index (Phi) is 4.26. The fraction of sp³-hybridized carbons (Fsp3) is 0.278. The SMILES string of the molecule is CCn1c(-c2cccc(F)c2)nc2c(N)nc(/C=C/C(C)(C)O)nc21. The third-order valence-corrected chi connectivity index (χ3v) is 3.68. The topological polar surface area (TPSA) is 89.9 Å². The summed E-state index contributed by atoms with van der Waals surface area (Å²) in [5, 5.41) is 9.81. The smallest absolute Gasteiger partial charge is 0.166 e. The van der Waals surface area contributed by atoms with Gasteiger partial charge in [-0.25, -0.2) is 19.3 Å². The Morgan fingerprint density at radius 1 is 1.28 bits per heavy atom. The minimum absolute atomic E-state index is 0.241. The van der Waals surface area contributed by atoms with Gasteiger partial charge in [0.25, 0.3) is 0 Å². The van der Waals surface area contributed by atoms with E-state index in [0.29, 0.717) is 34.9 Å². The molecular formula is C18H20FN5O. The van der Waals surface area contributed by atoms with Gasteiger partial charge in [-0.15, -0.1) is 0 Å². The van der Waals surface area contributed by atoms with Crippen LogP contribution in [0, 0.1) is 5.82 Å². The Bertz CT molecular complexity index is 956. The number of aryl methyl sites for hydroxylation is 1. The summed E-state index contributed by atoms with van der Waals surface area (Å²) in [4.78, 5) is 13.2. The van der Waals surface area contributed by atoms with Crippen LogP contribution in [0.2, 0.25) is 0 Å². The standard InChI is InChI=1S/C18H20FN5O/c1-4-24-16(11-6-5-7-12(19)10-11)23-14-15(20)21-13(22-17(14)24)8-9-18(2,3)25/h5-10,25H,4H2,1-3H3,(H2,20,21,22)/b9-8+. The van der Waals surface area contributed by atoms with E-state index in [0.717, 1.165) is 0 Å². The van der Waals surface area contributed by atoms with Crippen LogP contribution in [-0.4, -0.2) is 30.2 Å². The lowest BCUT2D eigenvalue weighted by atomic mass is 10.1. The van der Waals surface area contributed by atoms with Crippen molar-refractivity contribution < 1.29 is 9.50 Å². The second kappa shape index (κ2) is 6.25. The number of nitrogens with two attached hydrogens (primary N) is 1. The highest BCUT2D eigenvalue weighted by molar-refractivity contribution is 5.86. The van der Waals surface area contributed by atoms with Crippen molar-refractivity contribution >= 4 is 23.1 Å². The van der Waals surface area contributed by atoms with Crippen molar-refractivity contribution in [3.05, 3.63) is 42.0 Å². The number of rotatable bonds is 4. The Hall–Kier alpha value is -2.80. The quantitative estimate of drug-likeness (QED) is 0.761. The molecule has 25 heavy (non-hydrogen) atoms. The van der Waals surface area contributed by atoms with Crippen LogP contribution in [0.4, 0.5) is 10.2 Å². The highest BCUT2D eigenvalue weighted by atomic mass is 19.1. The Morgan fingerprint density at radius 2 is 2.04 bits per heavy atom. The molecule has 2 heterocycles. The lowest BCUT2D eigenvalue weighted by molar-refractivity contribution is 0.134. The summed E-state index contributed by atoms with van der Waals surface area (Å²) >= 11 is 0. The van der Waals surface area contributed by atoms with Gasteiger partial charge in [0.1, 0.15) is 11.6 Å². The van der Waals surface area contributed by atoms with Crippen molar-refractivity contribution in [3.8, 4) is 11.4 Å². The van der Waals surface area contributed by atoms with Gasteiger partial charge in [-0.05, 0) is 45.1 Å². The molecule has 2 aromatic heterocycles. The third kappa shape index (κ3) is 3.51. The second-order valence-electron chi connectivity index (χ2n) is 6.32. The van der Waals surface area contributed by atoms with Gasteiger partial charge in [0, 0.05) is 12.1 Å². The van der Waals surface area contributed by atoms with Crippen molar-refractivity contribution in [1.82, 2.24) is 19.5 Å². The Labute approximate surface area is 144 Å². The monoisotopic (exact) mass is 341 g/mol. The highest BCUT2D eigenvalue weighted by Crippen LogP contribution is 2.27. The number of nitrogens with zero attached hydrogens (tertiary/aromatic N) is 4. The van der Waals surface area contributed by atoms with Gasteiger partial charge in [-0.3, -0.25) is 0 Å². The number of nitrogen functional groups attached to an aromatic ring is 1. The molecule has 6 nitrogen and oxygen atoms in total. The van der Waals surface area contributed by atoms with Gasteiger partial charge in [-0.1, -0.05) is 12.1 Å². The molecule has 0 bridgehead atoms. The van der Waals surface area contributed by atoms with Gasteiger partial charge in [0.2, 0.25) is 0 Å². The first-order chi connectivity index (χ1) is 11.8. The molecule has 0 aliphatic carbocycles. The summed E-state index contributed by atoms with van der Waals surface area (Å²) in [5.74, 6) is 0.874. The van der Waals surface area contributed by atoms with Crippen LogP contribution < -0.4 is 5.73 Å². The first-order valence-electron chi connectivity index (χ1n) is 8.00. The number of fused-ring (bicyclic) bond motifs is 1. The predicted molar refractivity (Wildman–Crippen MR) is 96.1 cm³/mol. The summed E-state index contributed by atoms with van der Waals surface area (Å²) in [5.41, 5.74) is 6.76. The molecule has 1 aromatic carbocycles. The van der Waals surface area contributed by atoms with Gasteiger partial charge >= 0.3 is 0 Å². The molecule has 0 spiro atoms. The summed E-state index contributed by atoms with van der Waals surface area (Å²) in [6, 6.07) is 6.23. The molecule has 3 N–H and O–H groups in total. The van der Waals surface area contributed by atoms with Crippen LogP contribution in [-0.2, 0) is 6.54 Å². The first kappa shape index (κ1) is 17.0. The van der Waals surface area contributed by atoms with Gasteiger partial charge < -0.3 is 15.4 Å². The first-order valence-corrected chi connectivity index (χ1v) is 8.00. The number of anilines is 1. The zero-order valence-corrected chi connectivity index (χ0v) is 14.4. The highest BCUT2D eigenvalue weighted by Gasteiger charge is 2.17. The molecule has 0 unspecified atom stereocenters. The Morgan fingerprint density at radius 3 is 2.68 bits per heavy atom. The van der Waals surface area contributed by atoms with E-state index in [-0.39, 0.29) is 11.6 Å². The van der Waals surface area contributed by atoms with E-state index in [1.165, 1.54) is 12.1 Å². The maximum Gasteiger partial charge on any atom is 0.166 e. The van der Waals surface area contributed by atoms with Gasteiger partial charge in [0.15, 0.2) is 22.8 Å². The number of hydrogen-bond donors (Lipinski definition) is 2. The van der Waals surface area contributed by atoms with E-state index in [1.54, 1.807) is 38.1 Å². The lowest BCUT2D eigenvalue weighted by Gasteiger charge is -2.10. The molecule has 0 saturated carbocycles. The third-order valence-electron chi connectivity index (χ3n) is 3.68. The van der Waals surface area contributed by atoms with Gasteiger partial charge in [-0.2, -0.15) is 0 Å². The average Bonchev–Trinajstić information content (AvgIpc) is 2.91. The van der Waals surface area contributed by atoms with E-state index in [9.17, 15) is 9.50 Å². The molecule has 3 rings (SSSR count). The van der Waals surface area contributed by atoms with Crippen molar-refractivity contribution in [2.75, 3.05) is 5.73 Å². The van der Waals surface area contributed by atoms with Crippen LogP contribution in [0.15, 0.2) is 30.3 Å². The van der Waals surface area contributed by atoms with E-state index >= 15 is 0 Å². The van der Waals surface area contributed by atoms with Crippen LogP contribution in [0.5, 0.6) is 0 Å². The largest absolute Gasteiger partial charge is 0.386 e. The van der Waals surface area contributed by atoms with Crippen LogP contribution >= 0.6 is 0 Å². The summed E-state index contributed by atoms with van der Waals surface area (Å²) in [6.07, 6.45) is 3.21. The molecule has 0 aliphatic heterocycles. The number of hydrogen-bond acceptors (Lipinski definition) is 5. The van der Waals surface area contributed by atoms with Crippen LogP contribution in [0.1, 0.15) is 26.6 Å². The van der Waals surface area contributed by atoms with Crippen LogP contribution in [0.25, 0.3) is 28.6 Å². The van der Waals surface area contributed by atoms with E-state index in [4.69, 9.17) is 5.73 Å². The number of aliphatic hydroxyl groups is 1. The van der Waals surface area contributed by atoms with Crippen LogP contribution in [0.3, 0.4) is 0 Å². The normalized spacial score (nSPS) is 12.4. The molecule has 0 fully saturated rings. The molecule has 0 radical (unpaired) electrons. The number of benzene rings is 1. The molecule has 0 amide bonds. The molecule has 0 aliphatic rings.